The van der Waals surface area contributed by atoms with Gasteiger partial charge in [-0.25, -0.2) is 9.97 Å². The fourth-order valence-corrected chi connectivity index (χ4v) is 5.93. The lowest BCUT2D eigenvalue weighted by atomic mass is 10.0. The molecule has 1 aromatic carbocycles. The minimum Gasteiger partial charge on any atom is -0.495 e. The van der Waals surface area contributed by atoms with Crippen LogP contribution in [0, 0.1) is 0 Å². The number of rotatable bonds is 11. The van der Waals surface area contributed by atoms with Crippen molar-refractivity contribution >= 4 is 51.5 Å². The van der Waals surface area contributed by atoms with Gasteiger partial charge in [0.1, 0.15) is 23.1 Å². The molecule has 5 rings (SSSR count). The number of hydrogen-bond acceptors (Lipinski definition) is 10. The van der Waals surface area contributed by atoms with Gasteiger partial charge in [-0.2, -0.15) is 0 Å². The van der Waals surface area contributed by atoms with Gasteiger partial charge in [0, 0.05) is 61.4 Å². The zero-order valence-electron chi connectivity index (χ0n) is 24.3. The van der Waals surface area contributed by atoms with E-state index in [1.807, 2.05) is 12.1 Å². The summed E-state index contributed by atoms with van der Waals surface area (Å²) in [6.45, 7) is 9.26. The molecule has 3 aromatic rings. The molecule has 1 unspecified atom stereocenters. The molecule has 2 aliphatic heterocycles. The average Bonchev–Trinajstić information content (AvgIpc) is 3.03. The van der Waals surface area contributed by atoms with Crippen molar-refractivity contribution < 1.29 is 23.7 Å². The van der Waals surface area contributed by atoms with Crippen LogP contribution in [-0.4, -0.2) is 99.7 Å². The highest BCUT2D eigenvalue weighted by atomic mass is 35.5. The third-order valence-electron chi connectivity index (χ3n) is 7.57. The van der Waals surface area contributed by atoms with Gasteiger partial charge in [0.25, 0.3) is 0 Å². The van der Waals surface area contributed by atoms with Gasteiger partial charge < -0.3 is 34.9 Å². The second-order valence-corrected chi connectivity index (χ2v) is 11.0. The molecular formula is C30H36Cl2N6O5. The van der Waals surface area contributed by atoms with E-state index in [9.17, 15) is 4.79 Å². The zero-order chi connectivity index (χ0) is 30.3. The molecule has 230 valence electrons. The lowest BCUT2D eigenvalue weighted by Crippen LogP contribution is -2.52. The van der Waals surface area contributed by atoms with E-state index in [2.05, 4.69) is 32.4 Å². The largest absolute Gasteiger partial charge is 0.495 e. The van der Waals surface area contributed by atoms with E-state index in [0.717, 1.165) is 43.6 Å². The molecule has 11 nitrogen and oxygen atoms in total. The highest BCUT2D eigenvalue weighted by molar-refractivity contribution is 6.41. The Morgan fingerprint density at radius 1 is 1.09 bits per heavy atom. The van der Waals surface area contributed by atoms with Gasteiger partial charge in [0.2, 0.25) is 5.91 Å². The molecule has 2 aromatic heterocycles. The number of amides is 1. The Labute approximate surface area is 260 Å². The SMILES string of the molecule is C=CC(=O)N[C@H]1CCOCC1Nc1cc2c(NCCN3CCOCC3)nc(-c3c(Cl)c(OC)cc(OC)c3Cl)cc2cn1. The Morgan fingerprint density at radius 3 is 2.53 bits per heavy atom. The quantitative estimate of drug-likeness (QED) is 0.265. The van der Waals surface area contributed by atoms with E-state index < -0.39 is 0 Å². The number of methoxy groups -OCH3 is 2. The van der Waals surface area contributed by atoms with Crippen molar-refractivity contribution in [3.05, 3.63) is 47.1 Å². The van der Waals surface area contributed by atoms with Crippen molar-refractivity contribution in [3.8, 4) is 22.8 Å². The summed E-state index contributed by atoms with van der Waals surface area (Å²) in [4.78, 5) is 24.0. The van der Waals surface area contributed by atoms with Gasteiger partial charge in [-0.05, 0) is 24.6 Å². The summed E-state index contributed by atoms with van der Waals surface area (Å²) in [5.41, 5.74) is 1.05. The molecule has 0 aliphatic carbocycles. The van der Waals surface area contributed by atoms with Crippen LogP contribution in [0.25, 0.3) is 22.0 Å². The maximum Gasteiger partial charge on any atom is 0.243 e. The number of fused-ring (bicyclic) bond motifs is 1. The van der Waals surface area contributed by atoms with Gasteiger partial charge in [-0.15, -0.1) is 0 Å². The molecule has 0 saturated carbocycles. The van der Waals surface area contributed by atoms with Gasteiger partial charge in [-0.3, -0.25) is 9.69 Å². The predicted octanol–water partition coefficient (Wildman–Crippen LogP) is 4.24. The highest BCUT2D eigenvalue weighted by Gasteiger charge is 2.27. The van der Waals surface area contributed by atoms with Crippen LogP contribution in [0.15, 0.2) is 37.1 Å². The van der Waals surface area contributed by atoms with Gasteiger partial charge in [0.05, 0.1) is 61.9 Å². The Hall–Kier alpha value is -3.35. The molecule has 0 bridgehead atoms. The first kappa shape index (κ1) is 31.1. The Balaban J connectivity index is 1.51. The summed E-state index contributed by atoms with van der Waals surface area (Å²) in [7, 11) is 3.07. The van der Waals surface area contributed by atoms with Crippen LogP contribution in [0.5, 0.6) is 11.5 Å². The van der Waals surface area contributed by atoms with Crippen molar-refractivity contribution in [2.24, 2.45) is 0 Å². The van der Waals surface area contributed by atoms with Crippen LogP contribution in [-0.2, 0) is 14.3 Å². The second kappa shape index (κ2) is 14.4. The minimum absolute atomic E-state index is 0.129. The van der Waals surface area contributed by atoms with Crippen LogP contribution in [0.3, 0.4) is 0 Å². The number of nitrogens with one attached hydrogen (secondary N) is 3. The van der Waals surface area contributed by atoms with Crippen molar-refractivity contribution in [2.75, 3.05) is 77.5 Å². The number of benzene rings is 1. The van der Waals surface area contributed by atoms with Gasteiger partial charge in [-0.1, -0.05) is 29.8 Å². The van der Waals surface area contributed by atoms with E-state index in [4.69, 9.17) is 47.1 Å². The third-order valence-corrected chi connectivity index (χ3v) is 8.32. The molecule has 0 radical (unpaired) electrons. The first-order valence-electron chi connectivity index (χ1n) is 14.1. The number of nitrogens with zero attached hydrogens (tertiary/aromatic N) is 3. The highest BCUT2D eigenvalue weighted by Crippen LogP contribution is 2.46. The zero-order valence-corrected chi connectivity index (χ0v) is 25.8. The summed E-state index contributed by atoms with van der Waals surface area (Å²) in [6.07, 6.45) is 3.72. The van der Waals surface area contributed by atoms with Crippen LogP contribution < -0.4 is 25.4 Å². The molecule has 4 heterocycles. The Kier molecular flexibility index (Phi) is 10.4. The van der Waals surface area contributed by atoms with Crippen molar-refractivity contribution in [3.63, 3.8) is 0 Å². The summed E-state index contributed by atoms with van der Waals surface area (Å²) in [5.74, 6) is 1.90. The summed E-state index contributed by atoms with van der Waals surface area (Å²) < 4.78 is 22.2. The lowest BCUT2D eigenvalue weighted by molar-refractivity contribution is -0.117. The molecule has 1 amide bonds. The molecule has 2 fully saturated rings. The normalized spacial score (nSPS) is 19.1. The predicted molar refractivity (Wildman–Crippen MR) is 169 cm³/mol. The molecule has 3 N–H and O–H groups in total. The fourth-order valence-electron chi connectivity index (χ4n) is 5.24. The number of ether oxygens (including phenoxy) is 4. The first-order chi connectivity index (χ1) is 20.9. The number of morpholine rings is 1. The smallest absolute Gasteiger partial charge is 0.243 e. The van der Waals surface area contributed by atoms with Crippen LogP contribution >= 0.6 is 23.2 Å². The second-order valence-electron chi connectivity index (χ2n) is 10.2. The van der Waals surface area contributed by atoms with E-state index in [0.29, 0.717) is 70.6 Å². The molecule has 43 heavy (non-hydrogen) atoms. The average molecular weight is 632 g/mol. The lowest BCUT2D eigenvalue weighted by Gasteiger charge is -2.32. The number of carbonyl (C=O) groups is 1. The van der Waals surface area contributed by atoms with Crippen LogP contribution in [0.2, 0.25) is 10.0 Å². The van der Waals surface area contributed by atoms with Gasteiger partial charge >= 0.3 is 0 Å². The number of pyridine rings is 2. The molecule has 0 spiro atoms. The number of aromatic nitrogens is 2. The number of halogens is 2. The molecule has 2 saturated heterocycles. The van der Waals surface area contributed by atoms with Crippen LogP contribution in [0.4, 0.5) is 11.6 Å². The molecule has 13 heteroatoms. The number of anilines is 2. The molecule has 2 aliphatic rings. The van der Waals surface area contributed by atoms with E-state index in [1.165, 1.54) is 20.3 Å². The monoisotopic (exact) mass is 630 g/mol. The van der Waals surface area contributed by atoms with E-state index >= 15 is 0 Å². The molecular weight excluding hydrogens is 595 g/mol. The van der Waals surface area contributed by atoms with Crippen molar-refractivity contribution in [2.45, 2.75) is 18.5 Å². The Morgan fingerprint density at radius 2 is 1.84 bits per heavy atom. The van der Waals surface area contributed by atoms with E-state index in [-0.39, 0.29) is 18.0 Å². The maximum absolute atomic E-state index is 12.0. The fraction of sp³-hybridized carbons (Fsp3) is 0.433. The standard InChI is InChI=1S/C30H36Cl2N6O5/c1-4-26(39)36-20-5-10-43-17-22(20)35-25-14-19-18(16-34-25)13-21(27-28(31)23(40-2)15-24(41-3)29(27)32)37-30(19)33-6-7-38-8-11-42-12-9-38/h4,13-16,20,22H,1,5-12,17H2,2-3H3,(H,33,37)(H,34,35)(H,36,39)/t20-,22?/m0/s1. The molecule has 2 atom stereocenters. The number of carbonyl (C=O) groups excluding carboxylic acids is 1. The van der Waals surface area contributed by atoms with E-state index in [1.54, 1.807) is 12.3 Å². The van der Waals surface area contributed by atoms with Crippen molar-refractivity contribution in [1.82, 2.24) is 20.2 Å². The van der Waals surface area contributed by atoms with Crippen LogP contribution in [0.1, 0.15) is 6.42 Å². The van der Waals surface area contributed by atoms with Gasteiger partial charge in [0.15, 0.2) is 0 Å². The number of hydrogen-bond donors (Lipinski definition) is 3. The van der Waals surface area contributed by atoms with Crippen molar-refractivity contribution in [1.29, 1.82) is 0 Å². The third kappa shape index (κ3) is 7.25. The maximum atomic E-state index is 12.0. The summed E-state index contributed by atoms with van der Waals surface area (Å²) in [5, 5.41) is 12.3. The Bertz CT molecular complexity index is 1440. The summed E-state index contributed by atoms with van der Waals surface area (Å²) >= 11 is 13.5. The summed E-state index contributed by atoms with van der Waals surface area (Å²) in [6, 6.07) is 5.18. The first-order valence-corrected chi connectivity index (χ1v) is 14.9. The topological polar surface area (TPSA) is 119 Å². The minimum atomic E-state index is -0.222.